The van der Waals surface area contributed by atoms with Crippen molar-refractivity contribution in [3.05, 3.63) is 17.0 Å². The molecule has 0 saturated carbocycles. The van der Waals surface area contributed by atoms with Crippen molar-refractivity contribution in [2.75, 3.05) is 19.6 Å². The zero-order valence-electron chi connectivity index (χ0n) is 11.2. The Balaban J connectivity index is 0.00000144. The van der Waals surface area contributed by atoms with Gasteiger partial charge in [-0.15, -0.1) is 12.4 Å². The fraction of sp³-hybridized carbons (Fsp3) is 0.750. The average Bonchev–Trinajstić information content (AvgIpc) is 2.45. The van der Waals surface area contributed by atoms with Gasteiger partial charge in [0.1, 0.15) is 0 Å². The number of aryl methyl sites for hydroxylation is 2. The first kappa shape index (κ1) is 14.5. The Bertz CT molecular complexity index is 375. The number of nitrogens with one attached hydrogen (secondary N) is 1. The van der Waals surface area contributed by atoms with E-state index in [9.17, 15) is 0 Å². The summed E-state index contributed by atoms with van der Waals surface area (Å²) >= 11 is 0. The van der Waals surface area contributed by atoms with Crippen LogP contribution in [0.3, 0.4) is 0 Å². The largest absolute Gasteiger partial charge is 0.312 e. The van der Waals surface area contributed by atoms with Crippen molar-refractivity contribution in [3.63, 3.8) is 0 Å². The van der Waals surface area contributed by atoms with Crippen LogP contribution in [0.2, 0.25) is 0 Å². The van der Waals surface area contributed by atoms with Crippen LogP contribution in [0.4, 0.5) is 0 Å². The lowest BCUT2D eigenvalue weighted by Gasteiger charge is -2.31. The number of hydrogen-bond acceptors (Lipinski definition) is 3. The zero-order chi connectivity index (χ0) is 11.7. The van der Waals surface area contributed by atoms with Gasteiger partial charge in [-0.3, -0.25) is 9.58 Å². The molecule has 98 valence electrons. The van der Waals surface area contributed by atoms with Crippen LogP contribution in [0.5, 0.6) is 0 Å². The highest BCUT2D eigenvalue weighted by Gasteiger charge is 2.18. The molecule has 1 N–H and O–H groups in total. The number of aromatic nitrogens is 2. The van der Waals surface area contributed by atoms with E-state index in [0.717, 1.165) is 26.2 Å². The monoisotopic (exact) mass is 258 g/mol. The molecule has 0 aromatic carbocycles. The van der Waals surface area contributed by atoms with E-state index < -0.39 is 0 Å². The standard InChI is InChI=1S/C12H22N4.ClH/c1-9-7-16(6-5-13-9)8-12-10(2)14-15(4)11(12)3;/h9,13H,5-8H2,1-4H3;1H/t9-;/m0./s1. The molecule has 0 unspecified atom stereocenters. The third-order valence-electron chi connectivity index (χ3n) is 3.49. The lowest BCUT2D eigenvalue weighted by Crippen LogP contribution is -2.48. The predicted octanol–water partition coefficient (Wildman–Crippen LogP) is 1.25. The van der Waals surface area contributed by atoms with Crippen molar-refractivity contribution >= 4 is 12.4 Å². The molecule has 1 aliphatic heterocycles. The molecule has 2 heterocycles. The van der Waals surface area contributed by atoms with Crippen molar-refractivity contribution in [1.29, 1.82) is 0 Å². The molecule has 0 bridgehead atoms. The van der Waals surface area contributed by atoms with Gasteiger partial charge in [0.2, 0.25) is 0 Å². The lowest BCUT2D eigenvalue weighted by atomic mass is 10.1. The number of rotatable bonds is 2. The lowest BCUT2D eigenvalue weighted by molar-refractivity contribution is 0.199. The molecule has 1 aliphatic rings. The molecule has 0 spiro atoms. The van der Waals surface area contributed by atoms with E-state index in [2.05, 4.69) is 36.1 Å². The summed E-state index contributed by atoms with van der Waals surface area (Å²) in [5.74, 6) is 0. The number of hydrogen-bond donors (Lipinski definition) is 1. The Morgan fingerprint density at radius 1 is 1.41 bits per heavy atom. The van der Waals surface area contributed by atoms with Gasteiger partial charge in [0, 0.05) is 50.5 Å². The molecule has 17 heavy (non-hydrogen) atoms. The topological polar surface area (TPSA) is 33.1 Å². The van der Waals surface area contributed by atoms with Gasteiger partial charge in [-0.1, -0.05) is 0 Å². The molecule has 1 aromatic rings. The van der Waals surface area contributed by atoms with Crippen LogP contribution in [0.15, 0.2) is 0 Å². The van der Waals surface area contributed by atoms with Crippen molar-refractivity contribution in [2.45, 2.75) is 33.4 Å². The summed E-state index contributed by atoms with van der Waals surface area (Å²) in [4.78, 5) is 2.51. The van der Waals surface area contributed by atoms with Gasteiger partial charge in [0.05, 0.1) is 5.69 Å². The van der Waals surface area contributed by atoms with Crippen LogP contribution < -0.4 is 5.32 Å². The highest BCUT2D eigenvalue weighted by atomic mass is 35.5. The molecule has 1 atom stereocenters. The van der Waals surface area contributed by atoms with Crippen LogP contribution in [-0.2, 0) is 13.6 Å². The van der Waals surface area contributed by atoms with Crippen LogP contribution in [-0.4, -0.2) is 40.4 Å². The van der Waals surface area contributed by atoms with E-state index in [1.54, 1.807) is 0 Å². The van der Waals surface area contributed by atoms with Gasteiger partial charge in [-0.2, -0.15) is 5.10 Å². The normalized spacial score (nSPS) is 21.3. The van der Waals surface area contributed by atoms with E-state index >= 15 is 0 Å². The average molecular weight is 259 g/mol. The molecule has 0 radical (unpaired) electrons. The summed E-state index contributed by atoms with van der Waals surface area (Å²) < 4.78 is 1.98. The summed E-state index contributed by atoms with van der Waals surface area (Å²) in [6, 6.07) is 0.603. The molecule has 0 aliphatic carbocycles. The minimum atomic E-state index is 0. The number of nitrogens with zero attached hydrogens (tertiary/aromatic N) is 3. The van der Waals surface area contributed by atoms with Crippen molar-refractivity contribution < 1.29 is 0 Å². The van der Waals surface area contributed by atoms with E-state index in [1.165, 1.54) is 17.0 Å². The molecule has 1 saturated heterocycles. The van der Waals surface area contributed by atoms with Gasteiger partial charge in [0.15, 0.2) is 0 Å². The van der Waals surface area contributed by atoms with Crippen LogP contribution >= 0.6 is 12.4 Å². The smallest absolute Gasteiger partial charge is 0.0641 e. The fourth-order valence-electron chi connectivity index (χ4n) is 2.43. The van der Waals surface area contributed by atoms with Gasteiger partial charge in [-0.05, 0) is 20.8 Å². The van der Waals surface area contributed by atoms with Gasteiger partial charge in [0.25, 0.3) is 0 Å². The Labute approximate surface area is 110 Å². The summed E-state index contributed by atoms with van der Waals surface area (Å²) in [6.07, 6.45) is 0. The molecular formula is C12H23ClN4. The Kier molecular flexibility index (Phi) is 4.98. The van der Waals surface area contributed by atoms with Crippen LogP contribution in [0.25, 0.3) is 0 Å². The quantitative estimate of drug-likeness (QED) is 0.867. The third-order valence-corrected chi connectivity index (χ3v) is 3.49. The van der Waals surface area contributed by atoms with E-state index in [4.69, 9.17) is 0 Å². The van der Waals surface area contributed by atoms with Gasteiger partial charge >= 0.3 is 0 Å². The number of piperazine rings is 1. The highest BCUT2D eigenvalue weighted by Crippen LogP contribution is 2.15. The first-order valence-corrected chi connectivity index (χ1v) is 6.02. The third kappa shape index (κ3) is 3.21. The maximum atomic E-state index is 4.47. The maximum absolute atomic E-state index is 4.47. The van der Waals surface area contributed by atoms with Crippen molar-refractivity contribution in [1.82, 2.24) is 20.0 Å². The highest BCUT2D eigenvalue weighted by molar-refractivity contribution is 5.85. The summed E-state index contributed by atoms with van der Waals surface area (Å²) in [5.41, 5.74) is 3.87. The second-order valence-corrected chi connectivity index (χ2v) is 4.86. The van der Waals surface area contributed by atoms with Gasteiger partial charge < -0.3 is 5.32 Å². The van der Waals surface area contributed by atoms with Crippen LogP contribution in [0.1, 0.15) is 23.9 Å². The first-order valence-electron chi connectivity index (χ1n) is 6.02. The van der Waals surface area contributed by atoms with Gasteiger partial charge in [-0.25, -0.2) is 0 Å². The molecule has 1 fully saturated rings. The van der Waals surface area contributed by atoms with E-state index in [0.29, 0.717) is 6.04 Å². The van der Waals surface area contributed by atoms with E-state index in [-0.39, 0.29) is 12.4 Å². The van der Waals surface area contributed by atoms with E-state index in [1.807, 2.05) is 11.7 Å². The Hall–Kier alpha value is -0.580. The first-order chi connectivity index (χ1) is 7.58. The predicted molar refractivity (Wildman–Crippen MR) is 72.7 cm³/mol. The molecule has 2 rings (SSSR count). The molecule has 1 aromatic heterocycles. The zero-order valence-corrected chi connectivity index (χ0v) is 12.0. The second-order valence-electron chi connectivity index (χ2n) is 4.86. The second kappa shape index (κ2) is 5.85. The van der Waals surface area contributed by atoms with Crippen molar-refractivity contribution in [3.8, 4) is 0 Å². The van der Waals surface area contributed by atoms with Crippen LogP contribution in [0, 0.1) is 13.8 Å². The minimum Gasteiger partial charge on any atom is -0.312 e. The fourth-order valence-corrected chi connectivity index (χ4v) is 2.43. The Morgan fingerprint density at radius 2 is 2.12 bits per heavy atom. The SMILES string of the molecule is Cc1nn(C)c(C)c1CN1CCN[C@@H](C)C1.Cl. The summed E-state index contributed by atoms with van der Waals surface area (Å²) in [6.45, 7) is 10.9. The van der Waals surface area contributed by atoms with Crippen molar-refractivity contribution in [2.24, 2.45) is 7.05 Å². The Morgan fingerprint density at radius 3 is 2.65 bits per heavy atom. The maximum Gasteiger partial charge on any atom is 0.0641 e. The summed E-state index contributed by atoms with van der Waals surface area (Å²) in [7, 11) is 2.02. The molecular weight excluding hydrogens is 236 g/mol. The molecule has 0 amide bonds. The minimum absolute atomic E-state index is 0. The number of halogens is 1. The molecule has 4 nitrogen and oxygen atoms in total. The summed E-state index contributed by atoms with van der Waals surface area (Å²) in [5, 5.41) is 7.94. The molecule has 5 heteroatoms.